The van der Waals surface area contributed by atoms with Crippen LogP contribution in [-0.4, -0.2) is 39.7 Å². The van der Waals surface area contributed by atoms with Crippen molar-refractivity contribution in [2.24, 2.45) is 0 Å². The summed E-state index contributed by atoms with van der Waals surface area (Å²) in [6.07, 6.45) is 14.7. The second kappa shape index (κ2) is 9.84. The molecular weight excluding hydrogens is 398 g/mol. The zero-order valence-corrected chi connectivity index (χ0v) is 17.2. The molecule has 8 heteroatoms. The number of hydrogen-bond acceptors (Lipinski definition) is 4. The zero-order valence-electron chi connectivity index (χ0n) is 16.4. The van der Waals surface area contributed by atoms with Gasteiger partial charge in [0.1, 0.15) is 5.69 Å². The molecule has 0 saturated carbocycles. The zero-order chi connectivity index (χ0) is 20.6. The maximum atomic E-state index is 5.44. The minimum Gasteiger partial charge on any atom is -0.336 e. The first-order valence-corrected chi connectivity index (χ1v) is 10.2. The summed E-state index contributed by atoms with van der Waals surface area (Å²) in [5.41, 5.74) is 3.20. The highest BCUT2D eigenvalue weighted by Gasteiger charge is 2.11. The molecule has 0 aliphatic carbocycles. The first kappa shape index (κ1) is 19.8. The van der Waals surface area contributed by atoms with Crippen LogP contribution in [-0.2, 0) is 19.6 Å². The Kier molecular flexibility index (Phi) is 6.51. The minimum absolute atomic E-state index is 0.649. The van der Waals surface area contributed by atoms with Crippen molar-refractivity contribution in [2.75, 3.05) is 5.88 Å². The lowest BCUT2D eigenvalue weighted by molar-refractivity contribution is 0.547. The predicted molar refractivity (Wildman–Crippen MR) is 118 cm³/mol. The van der Waals surface area contributed by atoms with E-state index in [0.29, 0.717) is 5.88 Å². The minimum atomic E-state index is 0.649. The number of nitrogens with zero attached hydrogens (tertiary/aromatic N) is 7. The predicted octanol–water partition coefficient (Wildman–Crippen LogP) is 4.12. The molecule has 0 spiro atoms. The molecule has 0 unspecified atom stereocenters. The lowest BCUT2D eigenvalue weighted by atomic mass is 10.1. The van der Waals surface area contributed by atoms with Crippen LogP contribution in [0.15, 0.2) is 86.2 Å². The molecule has 4 aromatic heterocycles. The van der Waals surface area contributed by atoms with Crippen molar-refractivity contribution >= 4 is 22.5 Å². The van der Waals surface area contributed by atoms with Crippen LogP contribution in [0.3, 0.4) is 0 Å². The van der Waals surface area contributed by atoms with Crippen molar-refractivity contribution in [2.45, 2.75) is 19.6 Å². The molecule has 0 aliphatic heterocycles. The van der Waals surface area contributed by atoms with Gasteiger partial charge in [-0.15, -0.1) is 11.6 Å². The SMILES string of the molecule is ClCCn1ccnc1.c1ccc(-c2nn(CCn3ccnc3)c3ccncc23)cc1. The van der Waals surface area contributed by atoms with Crippen LogP contribution in [0.25, 0.3) is 22.2 Å². The second-order valence-electron chi connectivity index (χ2n) is 6.62. The van der Waals surface area contributed by atoms with Crippen LogP contribution in [0.2, 0.25) is 0 Å². The van der Waals surface area contributed by atoms with Crippen molar-refractivity contribution in [1.82, 2.24) is 33.9 Å². The molecule has 152 valence electrons. The number of hydrogen-bond donors (Lipinski definition) is 0. The molecule has 0 amide bonds. The van der Waals surface area contributed by atoms with Crippen LogP contribution >= 0.6 is 11.6 Å². The molecule has 0 N–H and O–H groups in total. The topological polar surface area (TPSA) is 66.3 Å². The number of rotatable bonds is 6. The van der Waals surface area contributed by atoms with Crippen LogP contribution in [0, 0.1) is 0 Å². The summed E-state index contributed by atoms with van der Waals surface area (Å²) in [5.74, 6) is 0.649. The van der Waals surface area contributed by atoms with Gasteiger partial charge in [-0.05, 0) is 6.07 Å². The summed E-state index contributed by atoms with van der Waals surface area (Å²) in [6.45, 7) is 2.48. The van der Waals surface area contributed by atoms with Gasteiger partial charge in [0, 0.05) is 67.1 Å². The van der Waals surface area contributed by atoms with Crippen LogP contribution < -0.4 is 0 Å². The van der Waals surface area contributed by atoms with E-state index in [1.165, 1.54) is 0 Å². The Morgan fingerprint density at radius 2 is 1.50 bits per heavy atom. The number of aromatic nitrogens is 7. The number of alkyl halides is 1. The van der Waals surface area contributed by atoms with Gasteiger partial charge in [-0.25, -0.2) is 9.97 Å². The fourth-order valence-corrected chi connectivity index (χ4v) is 3.34. The van der Waals surface area contributed by atoms with Gasteiger partial charge in [0.25, 0.3) is 0 Å². The normalized spacial score (nSPS) is 10.7. The van der Waals surface area contributed by atoms with Crippen molar-refractivity contribution in [3.05, 3.63) is 86.2 Å². The Morgan fingerprint density at radius 1 is 0.767 bits per heavy atom. The quantitative estimate of drug-likeness (QED) is 0.388. The molecule has 0 bridgehead atoms. The summed E-state index contributed by atoms with van der Waals surface area (Å²) in [5, 5.41) is 5.88. The van der Waals surface area contributed by atoms with E-state index in [1.54, 1.807) is 18.7 Å². The molecular formula is C22H22ClN7. The van der Waals surface area contributed by atoms with E-state index in [-0.39, 0.29) is 0 Å². The van der Waals surface area contributed by atoms with Crippen molar-refractivity contribution in [3.8, 4) is 11.3 Å². The van der Waals surface area contributed by atoms with Gasteiger partial charge in [-0.3, -0.25) is 9.67 Å². The third kappa shape index (κ3) is 4.75. The largest absolute Gasteiger partial charge is 0.336 e. The molecule has 5 aromatic rings. The number of benzene rings is 1. The van der Waals surface area contributed by atoms with Crippen molar-refractivity contribution < 1.29 is 0 Å². The molecule has 7 nitrogen and oxygen atoms in total. The summed E-state index contributed by atoms with van der Waals surface area (Å²) >= 11 is 5.44. The van der Waals surface area contributed by atoms with Crippen molar-refractivity contribution in [3.63, 3.8) is 0 Å². The summed E-state index contributed by atoms with van der Waals surface area (Å²) in [7, 11) is 0. The lowest BCUT2D eigenvalue weighted by Gasteiger charge is -2.04. The molecule has 0 atom stereocenters. The van der Waals surface area contributed by atoms with E-state index < -0.39 is 0 Å². The summed E-state index contributed by atoms with van der Waals surface area (Å²) < 4.78 is 6.03. The highest BCUT2D eigenvalue weighted by Crippen LogP contribution is 2.27. The molecule has 1 aromatic carbocycles. The maximum Gasteiger partial charge on any atom is 0.102 e. The van der Waals surface area contributed by atoms with Gasteiger partial charge in [-0.1, -0.05) is 30.3 Å². The second-order valence-corrected chi connectivity index (χ2v) is 7.00. The van der Waals surface area contributed by atoms with Gasteiger partial charge in [0.15, 0.2) is 0 Å². The molecule has 30 heavy (non-hydrogen) atoms. The molecule has 0 radical (unpaired) electrons. The number of fused-ring (bicyclic) bond motifs is 1. The monoisotopic (exact) mass is 419 g/mol. The van der Waals surface area contributed by atoms with Gasteiger partial charge < -0.3 is 9.13 Å². The standard InChI is InChI=1S/C17H15N5.C5H7ClN2/c1-2-4-14(5-3-1)17-15-12-18-7-6-16(15)22(20-17)11-10-21-9-8-19-13-21;6-1-3-8-4-2-7-5-8/h1-9,12-13H,10-11H2;2,4-5H,1,3H2. The van der Waals surface area contributed by atoms with E-state index >= 15 is 0 Å². The molecule has 0 aliphatic rings. The third-order valence-electron chi connectivity index (χ3n) is 4.63. The van der Waals surface area contributed by atoms with Gasteiger partial charge in [0.05, 0.1) is 24.7 Å². The Morgan fingerprint density at radius 3 is 2.17 bits per heavy atom. The number of aryl methyl sites for hydroxylation is 3. The van der Waals surface area contributed by atoms with E-state index in [9.17, 15) is 0 Å². The fourth-order valence-electron chi connectivity index (χ4n) is 3.15. The third-order valence-corrected chi connectivity index (χ3v) is 4.80. The molecule has 0 fully saturated rings. The Labute approximate surface area is 179 Å². The highest BCUT2D eigenvalue weighted by molar-refractivity contribution is 6.17. The van der Waals surface area contributed by atoms with Crippen LogP contribution in [0.5, 0.6) is 0 Å². The average molecular weight is 420 g/mol. The Hall–Kier alpha value is -3.45. The molecule has 5 rings (SSSR count). The molecule has 4 heterocycles. The number of halogens is 1. The maximum absolute atomic E-state index is 5.44. The smallest absolute Gasteiger partial charge is 0.102 e. The van der Waals surface area contributed by atoms with E-state index in [2.05, 4.69) is 31.7 Å². The van der Waals surface area contributed by atoms with Crippen LogP contribution in [0.1, 0.15) is 0 Å². The number of pyridine rings is 1. The van der Waals surface area contributed by atoms with Gasteiger partial charge in [0.2, 0.25) is 0 Å². The lowest BCUT2D eigenvalue weighted by Crippen LogP contribution is -2.07. The fraction of sp³-hybridized carbons (Fsp3) is 0.182. The summed E-state index contributed by atoms with van der Waals surface area (Å²) in [6, 6.07) is 12.2. The van der Waals surface area contributed by atoms with Gasteiger partial charge >= 0.3 is 0 Å². The first-order valence-electron chi connectivity index (χ1n) is 9.68. The van der Waals surface area contributed by atoms with E-state index in [0.717, 1.165) is 41.8 Å². The highest BCUT2D eigenvalue weighted by atomic mass is 35.5. The number of imidazole rings is 2. The van der Waals surface area contributed by atoms with E-state index in [4.69, 9.17) is 16.7 Å². The summed E-state index contributed by atoms with van der Waals surface area (Å²) in [4.78, 5) is 12.2. The average Bonchev–Trinajstić information content (AvgIpc) is 3.55. The Balaban J connectivity index is 0.000000230. The molecule has 0 saturated heterocycles. The van der Waals surface area contributed by atoms with Crippen LogP contribution in [0.4, 0.5) is 0 Å². The van der Waals surface area contributed by atoms with Crippen molar-refractivity contribution in [1.29, 1.82) is 0 Å². The van der Waals surface area contributed by atoms with E-state index in [1.807, 2.05) is 64.6 Å². The first-order chi connectivity index (χ1) is 14.8. The Bertz CT molecular complexity index is 1150. The van der Waals surface area contributed by atoms with Gasteiger partial charge in [-0.2, -0.15) is 5.10 Å².